The average Bonchev–Trinajstić information content (AvgIpc) is 2.36. The molecular formula is C16H22N2O. The van der Waals surface area contributed by atoms with Crippen LogP contribution in [0.1, 0.15) is 32.3 Å². The summed E-state index contributed by atoms with van der Waals surface area (Å²) in [5.41, 5.74) is 7.40. The minimum atomic E-state index is 0.0989. The van der Waals surface area contributed by atoms with Crippen LogP contribution in [0.2, 0.25) is 0 Å². The van der Waals surface area contributed by atoms with Crippen LogP contribution in [-0.2, 0) is 4.79 Å². The lowest BCUT2D eigenvalue weighted by atomic mass is 9.93. The highest BCUT2D eigenvalue weighted by atomic mass is 16.2. The van der Waals surface area contributed by atoms with Gasteiger partial charge in [0.2, 0.25) is 5.91 Å². The monoisotopic (exact) mass is 258 g/mol. The molecule has 1 heterocycles. The summed E-state index contributed by atoms with van der Waals surface area (Å²) >= 11 is 0. The van der Waals surface area contributed by atoms with Crippen molar-refractivity contribution >= 4 is 17.7 Å². The molecule has 2 unspecified atom stereocenters. The van der Waals surface area contributed by atoms with Crippen LogP contribution >= 0.6 is 0 Å². The third kappa shape index (κ3) is 3.60. The number of hydrogen-bond acceptors (Lipinski definition) is 2. The molecule has 102 valence electrons. The van der Waals surface area contributed by atoms with Crippen molar-refractivity contribution in [3.05, 3.63) is 35.9 Å². The first-order chi connectivity index (χ1) is 9.06. The molecule has 0 saturated carbocycles. The van der Waals surface area contributed by atoms with Gasteiger partial charge in [-0.2, -0.15) is 0 Å². The van der Waals surface area contributed by atoms with Gasteiger partial charge < -0.3 is 10.6 Å². The third-order valence-corrected chi connectivity index (χ3v) is 3.75. The second-order valence-corrected chi connectivity index (χ2v) is 5.51. The second kappa shape index (κ2) is 5.91. The highest BCUT2D eigenvalue weighted by Gasteiger charge is 2.25. The first-order valence-corrected chi connectivity index (χ1v) is 6.90. The lowest BCUT2D eigenvalue weighted by Crippen LogP contribution is -2.43. The van der Waals surface area contributed by atoms with Gasteiger partial charge in [-0.15, -0.1) is 0 Å². The molecule has 0 spiro atoms. The van der Waals surface area contributed by atoms with E-state index in [9.17, 15) is 4.79 Å². The van der Waals surface area contributed by atoms with E-state index in [0.29, 0.717) is 6.04 Å². The van der Waals surface area contributed by atoms with Crippen molar-refractivity contribution in [3.8, 4) is 0 Å². The number of piperidine rings is 1. The number of anilines is 1. The fourth-order valence-electron chi connectivity index (χ4n) is 2.66. The number of amides is 1. The van der Waals surface area contributed by atoms with Crippen molar-refractivity contribution in [2.45, 2.75) is 32.7 Å². The Labute approximate surface area is 115 Å². The Bertz CT molecular complexity index is 481. The molecular weight excluding hydrogens is 236 g/mol. The molecule has 1 aliphatic heterocycles. The van der Waals surface area contributed by atoms with Crippen molar-refractivity contribution in [2.75, 3.05) is 12.3 Å². The number of likely N-dealkylation sites (tertiary alicyclic amines) is 1. The highest BCUT2D eigenvalue weighted by Crippen LogP contribution is 2.22. The molecule has 2 rings (SSSR count). The largest absolute Gasteiger partial charge is 0.399 e. The molecule has 0 radical (unpaired) electrons. The van der Waals surface area contributed by atoms with Crippen LogP contribution in [-0.4, -0.2) is 23.4 Å². The zero-order valence-corrected chi connectivity index (χ0v) is 11.7. The van der Waals surface area contributed by atoms with Crippen LogP contribution in [0, 0.1) is 5.92 Å². The van der Waals surface area contributed by atoms with Gasteiger partial charge in [0.1, 0.15) is 0 Å². The third-order valence-electron chi connectivity index (χ3n) is 3.75. The van der Waals surface area contributed by atoms with E-state index in [1.165, 1.54) is 0 Å². The fraction of sp³-hybridized carbons (Fsp3) is 0.438. The molecule has 0 bridgehead atoms. The summed E-state index contributed by atoms with van der Waals surface area (Å²) in [6.45, 7) is 5.24. The number of benzene rings is 1. The van der Waals surface area contributed by atoms with Gasteiger partial charge >= 0.3 is 0 Å². The van der Waals surface area contributed by atoms with Crippen molar-refractivity contribution in [1.82, 2.24) is 4.90 Å². The highest BCUT2D eigenvalue weighted by molar-refractivity contribution is 5.92. The Kier molecular flexibility index (Phi) is 4.25. The molecule has 1 saturated heterocycles. The van der Waals surface area contributed by atoms with E-state index in [1.807, 2.05) is 35.2 Å². The molecule has 0 aliphatic carbocycles. The van der Waals surface area contributed by atoms with Gasteiger partial charge in [-0.1, -0.05) is 19.1 Å². The number of rotatable bonds is 2. The van der Waals surface area contributed by atoms with Crippen LogP contribution in [0.15, 0.2) is 30.3 Å². The van der Waals surface area contributed by atoms with Crippen LogP contribution in [0.3, 0.4) is 0 Å². The molecule has 1 aromatic rings. The van der Waals surface area contributed by atoms with E-state index in [2.05, 4.69) is 13.8 Å². The van der Waals surface area contributed by atoms with E-state index in [4.69, 9.17) is 5.73 Å². The van der Waals surface area contributed by atoms with Gasteiger partial charge in [-0.3, -0.25) is 4.79 Å². The minimum absolute atomic E-state index is 0.0989. The van der Waals surface area contributed by atoms with Crippen molar-refractivity contribution in [2.24, 2.45) is 5.92 Å². The molecule has 1 fully saturated rings. The molecule has 2 atom stereocenters. The summed E-state index contributed by atoms with van der Waals surface area (Å²) in [7, 11) is 0. The van der Waals surface area contributed by atoms with Crippen LogP contribution in [0.5, 0.6) is 0 Å². The van der Waals surface area contributed by atoms with Gasteiger partial charge in [-0.25, -0.2) is 0 Å². The van der Waals surface area contributed by atoms with Crippen molar-refractivity contribution < 1.29 is 4.79 Å². The van der Waals surface area contributed by atoms with Crippen molar-refractivity contribution in [3.63, 3.8) is 0 Å². The smallest absolute Gasteiger partial charge is 0.246 e. The van der Waals surface area contributed by atoms with E-state index in [1.54, 1.807) is 6.08 Å². The molecule has 3 heteroatoms. The van der Waals surface area contributed by atoms with Gasteiger partial charge in [0.15, 0.2) is 0 Å². The second-order valence-electron chi connectivity index (χ2n) is 5.51. The summed E-state index contributed by atoms with van der Waals surface area (Å²) in [6, 6.07) is 7.88. The lowest BCUT2D eigenvalue weighted by Gasteiger charge is -2.35. The van der Waals surface area contributed by atoms with Gasteiger partial charge in [0.05, 0.1) is 0 Å². The molecule has 0 aromatic heterocycles. The predicted octanol–water partition coefficient (Wildman–Crippen LogP) is 2.93. The number of nitrogens with zero attached hydrogens (tertiary/aromatic N) is 1. The zero-order valence-electron chi connectivity index (χ0n) is 11.7. The fourth-order valence-corrected chi connectivity index (χ4v) is 2.66. The predicted molar refractivity (Wildman–Crippen MR) is 79.5 cm³/mol. The maximum absolute atomic E-state index is 12.2. The summed E-state index contributed by atoms with van der Waals surface area (Å²) in [4.78, 5) is 14.1. The van der Waals surface area contributed by atoms with Crippen LogP contribution in [0.4, 0.5) is 5.69 Å². The van der Waals surface area contributed by atoms with Gasteiger partial charge in [0.25, 0.3) is 0 Å². The normalized spacial score (nSPS) is 23.8. The maximum atomic E-state index is 12.2. The molecule has 2 N–H and O–H groups in total. The van der Waals surface area contributed by atoms with E-state index in [0.717, 1.165) is 36.6 Å². The van der Waals surface area contributed by atoms with E-state index < -0.39 is 0 Å². The van der Waals surface area contributed by atoms with Crippen LogP contribution in [0.25, 0.3) is 6.08 Å². The molecule has 3 nitrogen and oxygen atoms in total. The molecule has 1 aliphatic rings. The SMILES string of the molecule is CC1CCN(C(=O)/C=C/c2cccc(N)c2)C(C)C1. The summed E-state index contributed by atoms with van der Waals surface area (Å²) in [5, 5.41) is 0. The first-order valence-electron chi connectivity index (χ1n) is 6.90. The number of carbonyl (C=O) groups is 1. The summed E-state index contributed by atoms with van der Waals surface area (Å²) in [6.07, 6.45) is 5.69. The molecule has 19 heavy (non-hydrogen) atoms. The topological polar surface area (TPSA) is 46.3 Å². The number of carbonyl (C=O) groups excluding carboxylic acids is 1. The Balaban J connectivity index is 2.01. The number of hydrogen-bond donors (Lipinski definition) is 1. The van der Waals surface area contributed by atoms with E-state index >= 15 is 0 Å². The minimum Gasteiger partial charge on any atom is -0.399 e. The van der Waals surface area contributed by atoms with Gasteiger partial charge in [-0.05, 0) is 49.5 Å². The number of nitrogens with two attached hydrogens (primary N) is 1. The standard InChI is InChI=1S/C16H22N2O/c1-12-8-9-18(13(2)10-12)16(19)7-6-14-4-3-5-15(17)11-14/h3-7,11-13H,8-10,17H2,1-2H3/b7-6+. The summed E-state index contributed by atoms with van der Waals surface area (Å²) < 4.78 is 0. The zero-order chi connectivity index (χ0) is 13.8. The molecule has 1 amide bonds. The van der Waals surface area contributed by atoms with Crippen LogP contribution < -0.4 is 5.73 Å². The Morgan fingerprint density at radius 3 is 2.89 bits per heavy atom. The average molecular weight is 258 g/mol. The molecule has 1 aromatic carbocycles. The van der Waals surface area contributed by atoms with Crippen molar-refractivity contribution in [1.29, 1.82) is 0 Å². The lowest BCUT2D eigenvalue weighted by molar-refractivity contribution is -0.129. The van der Waals surface area contributed by atoms with E-state index in [-0.39, 0.29) is 5.91 Å². The Morgan fingerprint density at radius 2 is 2.21 bits per heavy atom. The Morgan fingerprint density at radius 1 is 1.42 bits per heavy atom. The maximum Gasteiger partial charge on any atom is 0.246 e. The summed E-state index contributed by atoms with van der Waals surface area (Å²) in [5.74, 6) is 0.818. The quantitative estimate of drug-likeness (QED) is 0.655. The van der Waals surface area contributed by atoms with Gasteiger partial charge in [0, 0.05) is 24.4 Å². The number of nitrogen functional groups attached to an aromatic ring is 1. The first kappa shape index (κ1) is 13.7. The Hall–Kier alpha value is -1.77.